The van der Waals surface area contributed by atoms with Gasteiger partial charge in [0.25, 0.3) is 0 Å². The first-order valence-corrected chi connectivity index (χ1v) is 4.70. The van der Waals surface area contributed by atoms with Crippen molar-refractivity contribution in [2.24, 2.45) is 0 Å². The van der Waals surface area contributed by atoms with Crippen LogP contribution >= 0.6 is 0 Å². The lowest BCUT2D eigenvalue weighted by Crippen LogP contribution is -2.05. The van der Waals surface area contributed by atoms with Crippen molar-refractivity contribution in [1.82, 2.24) is 4.98 Å². The van der Waals surface area contributed by atoms with Crippen LogP contribution in [0, 0.1) is 0 Å². The lowest BCUT2D eigenvalue weighted by Gasteiger charge is -2.04. The quantitative estimate of drug-likeness (QED) is 0.695. The molecule has 0 saturated heterocycles. The van der Waals surface area contributed by atoms with E-state index in [1.165, 1.54) is 0 Å². The highest BCUT2D eigenvalue weighted by atomic mass is 16.5. The van der Waals surface area contributed by atoms with E-state index in [2.05, 4.69) is 4.98 Å². The molecule has 4 nitrogen and oxygen atoms in total. The van der Waals surface area contributed by atoms with Crippen LogP contribution in [0.4, 0.5) is 5.82 Å². The summed E-state index contributed by atoms with van der Waals surface area (Å²) in [6.07, 6.45) is 0. The van der Waals surface area contributed by atoms with E-state index in [1.807, 2.05) is 19.1 Å². The van der Waals surface area contributed by atoms with Gasteiger partial charge in [-0.25, -0.2) is 4.98 Å². The van der Waals surface area contributed by atoms with Gasteiger partial charge in [-0.15, -0.1) is 0 Å². The molecular formula is C10H16N2O2. The van der Waals surface area contributed by atoms with Gasteiger partial charge in [0.2, 0.25) is 0 Å². The highest BCUT2D eigenvalue weighted by molar-refractivity contribution is 5.28. The van der Waals surface area contributed by atoms with E-state index in [0.717, 1.165) is 12.3 Å². The zero-order valence-electron chi connectivity index (χ0n) is 8.40. The average molecular weight is 196 g/mol. The fourth-order valence-electron chi connectivity index (χ4n) is 1.02. The third kappa shape index (κ3) is 4.20. The number of hydrogen-bond donors (Lipinski definition) is 1. The minimum Gasteiger partial charge on any atom is -0.384 e. The number of nitrogens with zero attached hydrogens (tertiary/aromatic N) is 1. The first kappa shape index (κ1) is 10.9. The molecule has 4 heteroatoms. The van der Waals surface area contributed by atoms with Crippen molar-refractivity contribution in [1.29, 1.82) is 0 Å². The third-order valence-corrected chi connectivity index (χ3v) is 1.65. The Morgan fingerprint density at radius 2 is 2.07 bits per heavy atom. The van der Waals surface area contributed by atoms with E-state index in [1.54, 1.807) is 6.07 Å². The molecule has 0 aliphatic carbocycles. The maximum atomic E-state index is 5.52. The van der Waals surface area contributed by atoms with E-state index in [0.29, 0.717) is 25.6 Å². The summed E-state index contributed by atoms with van der Waals surface area (Å²) >= 11 is 0. The smallest absolute Gasteiger partial charge is 0.123 e. The average Bonchev–Trinajstić information content (AvgIpc) is 2.18. The molecule has 0 saturated carbocycles. The van der Waals surface area contributed by atoms with Gasteiger partial charge in [0.1, 0.15) is 5.82 Å². The molecule has 0 amide bonds. The zero-order chi connectivity index (χ0) is 10.2. The molecule has 2 N–H and O–H groups in total. The molecule has 1 aromatic rings. The van der Waals surface area contributed by atoms with Crippen LogP contribution in [0.15, 0.2) is 18.2 Å². The molecule has 0 bridgehead atoms. The second-order valence-electron chi connectivity index (χ2n) is 2.80. The molecule has 0 unspecified atom stereocenters. The summed E-state index contributed by atoms with van der Waals surface area (Å²) in [6.45, 7) is 4.38. The first-order chi connectivity index (χ1) is 6.83. The van der Waals surface area contributed by atoms with Crippen LogP contribution in [-0.4, -0.2) is 24.8 Å². The Morgan fingerprint density at radius 1 is 1.29 bits per heavy atom. The van der Waals surface area contributed by atoms with Crippen molar-refractivity contribution < 1.29 is 9.47 Å². The van der Waals surface area contributed by atoms with Crippen molar-refractivity contribution in [2.45, 2.75) is 13.5 Å². The Morgan fingerprint density at radius 3 is 2.79 bits per heavy atom. The van der Waals surface area contributed by atoms with Crippen molar-refractivity contribution in [3.8, 4) is 0 Å². The molecule has 0 aliphatic rings. The Bertz CT molecular complexity index is 266. The number of aromatic nitrogens is 1. The first-order valence-electron chi connectivity index (χ1n) is 4.70. The summed E-state index contributed by atoms with van der Waals surface area (Å²) in [6, 6.07) is 5.50. The number of rotatable bonds is 6. The van der Waals surface area contributed by atoms with Gasteiger partial charge >= 0.3 is 0 Å². The summed E-state index contributed by atoms with van der Waals surface area (Å²) in [5.41, 5.74) is 6.37. The summed E-state index contributed by atoms with van der Waals surface area (Å²) < 4.78 is 10.5. The molecule has 0 aliphatic heterocycles. The SMILES string of the molecule is CCOCCOCc1cccc(N)n1. The monoisotopic (exact) mass is 196 g/mol. The molecule has 14 heavy (non-hydrogen) atoms. The Kier molecular flexibility index (Phi) is 4.96. The Hall–Kier alpha value is -1.13. The van der Waals surface area contributed by atoms with Gasteiger partial charge in [-0.1, -0.05) is 6.07 Å². The van der Waals surface area contributed by atoms with Gasteiger partial charge < -0.3 is 15.2 Å². The van der Waals surface area contributed by atoms with Crippen molar-refractivity contribution in [3.63, 3.8) is 0 Å². The normalized spacial score (nSPS) is 10.4. The van der Waals surface area contributed by atoms with Gasteiger partial charge in [0, 0.05) is 6.61 Å². The molecule has 1 rings (SSSR count). The van der Waals surface area contributed by atoms with Gasteiger partial charge in [-0.05, 0) is 19.1 Å². The molecule has 1 aromatic heterocycles. The minimum absolute atomic E-state index is 0.484. The van der Waals surface area contributed by atoms with Gasteiger partial charge in [0.05, 0.1) is 25.5 Å². The summed E-state index contributed by atoms with van der Waals surface area (Å²) in [5.74, 6) is 0.524. The second-order valence-corrected chi connectivity index (χ2v) is 2.80. The predicted molar refractivity (Wildman–Crippen MR) is 54.8 cm³/mol. The van der Waals surface area contributed by atoms with Crippen molar-refractivity contribution in [2.75, 3.05) is 25.6 Å². The fraction of sp³-hybridized carbons (Fsp3) is 0.500. The molecule has 0 aromatic carbocycles. The maximum Gasteiger partial charge on any atom is 0.123 e. The Labute approximate surface area is 84.0 Å². The second kappa shape index (κ2) is 6.34. The van der Waals surface area contributed by atoms with Crippen molar-refractivity contribution in [3.05, 3.63) is 23.9 Å². The number of nitrogens with two attached hydrogens (primary N) is 1. The molecular weight excluding hydrogens is 180 g/mol. The molecule has 0 atom stereocenters. The lowest BCUT2D eigenvalue weighted by atomic mass is 10.3. The van der Waals surface area contributed by atoms with Crippen molar-refractivity contribution >= 4 is 5.82 Å². The number of hydrogen-bond acceptors (Lipinski definition) is 4. The fourth-order valence-corrected chi connectivity index (χ4v) is 1.02. The number of nitrogen functional groups attached to an aromatic ring is 1. The van der Waals surface area contributed by atoms with Gasteiger partial charge in [0.15, 0.2) is 0 Å². The van der Waals surface area contributed by atoms with Crippen LogP contribution in [0.25, 0.3) is 0 Å². The summed E-state index contributed by atoms with van der Waals surface area (Å²) in [7, 11) is 0. The zero-order valence-corrected chi connectivity index (χ0v) is 8.40. The molecule has 0 spiro atoms. The number of anilines is 1. The highest BCUT2D eigenvalue weighted by Crippen LogP contribution is 2.01. The van der Waals surface area contributed by atoms with Gasteiger partial charge in [-0.3, -0.25) is 0 Å². The third-order valence-electron chi connectivity index (χ3n) is 1.65. The lowest BCUT2D eigenvalue weighted by molar-refractivity contribution is 0.0442. The number of ether oxygens (including phenoxy) is 2. The minimum atomic E-state index is 0.484. The highest BCUT2D eigenvalue weighted by Gasteiger charge is 1.95. The molecule has 0 fully saturated rings. The predicted octanol–water partition coefficient (Wildman–Crippen LogP) is 1.22. The van der Waals surface area contributed by atoms with E-state index in [9.17, 15) is 0 Å². The van der Waals surface area contributed by atoms with Crippen LogP contribution in [0.3, 0.4) is 0 Å². The van der Waals surface area contributed by atoms with E-state index in [-0.39, 0.29) is 0 Å². The van der Waals surface area contributed by atoms with Gasteiger partial charge in [-0.2, -0.15) is 0 Å². The summed E-state index contributed by atoms with van der Waals surface area (Å²) in [4.78, 5) is 4.10. The topological polar surface area (TPSA) is 57.4 Å². The van der Waals surface area contributed by atoms with E-state index < -0.39 is 0 Å². The number of pyridine rings is 1. The maximum absolute atomic E-state index is 5.52. The largest absolute Gasteiger partial charge is 0.384 e. The van der Waals surface area contributed by atoms with E-state index >= 15 is 0 Å². The van der Waals surface area contributed by atoms with Crippen LogP contribution in [0.1, 0.15) is 12.6 Å². The van der Waals surface area contributed by atoms with E-state index in [4.69, 9.17) is 15.2 Å². The molecule has 0 radical (unpaired) electrons. The summed E-state index contributed by atoms with van der Waals surface area (Å²) in [5, 5.41) is 0. The van der Waals surface area contributed by atoms with Crippen LogP contribution < -0.4 is 5.73 Å². The Balaban J connectivity index is 2.18. The van der Waals surface area contributed by atoms with Crippen LogP contribution in [-0.2, 0) is 16.1 Å². The molecule has 1 heterocycles. The molecule has 78 valence electrons. The van der Waals surface area contributed by atoms with Crippen LogP contribution in [0.2, 0.25) is 0 Å². The standard InChI is InChI=1S/C10H16N2O2/c1-2-13-6-7-14-8-9-4-3-5-10(11)12-9/h3-5H,2,6-8H2,1H3,(H2,11,12). The van der Waals surface area contributed by atoms with Crippen LogP contribution in [0.5, 0.6) is 0 Å².